The smallest absolute Gasteiger partial charge is 0.338 e. The molecule has 0 fully saturated rings. The Morgan fingerprint density at radius 3 is 2.34 bits per heavy atom. The van der Waals surface area contributed by atoms with Gasteiger partial charge in [0.05, 0.1) is 19.8 Å². The van der Waals surface area contributed by atoms with E-state index in [1.165, 1.54) is 13.2 Å². The molecule has 168 valence electrons. The quantitative estimate of drug-likeness (QED) is 0.507. The lowest BCUT2D eigenvalue weighted by Gasteiger charge is -2.13. The Kier molecular flexibility index (Phi) is 7.54. The topological polar surface area (TPSA) is 83.1 Å². The molecule has 0 unspecified atom stereocenters. The van der Waals surface area contributed by atoms with Crippen LogP contribution in [0.1, 0.15) is 29.8 Å². The number of esters is 1. The molecule has 1 amide bonds. The minimum absolute atomic E-state index is 0.0237. The molecule has 0 spiro atoms. The molecule has 0 heterocycles. The summed E-state index contributed by atoms with van der Waals surface area (Å²) >= 11 is 0. The number of ether oxygens (including phenoxy) is 4. The van der Waals surface area contributed by atoms with Gasteiger partial charge in [-0.1, -0.05) is 18.2 Å². The van der Waals surface area contributed by atoms with Crippen LogP contribution in [0.2, 0.25) is 0 Å². The molecule has 0 radical (unpaired) electrons. The van der Waals surface area contributed by atoms with Crippen molar-refractivity contribution in [1.82, 2.24) is 5.32 Å². The number of hydrogen-bond acceptors (Lipinski definition) is 6. The maximum absolute atomic E-state index is 12.5. The van der Waals surface area contributed by atoms with Crippen LogP contribution in [0.25, 0.3) is 10.8 Å². The van der Waals surface area contributed by atoms with Crippen LogP contribution in [0.4, 0.5) is 0 Å². The molecular weight excluding hydrogens is 410 g/mol. The van der Waals surface area contributed by atoms with Gasteiger partial charge in [-0.25, -0.2) is 4.79 Å². The van der Waals surface area contributed by atoms with Crippen molar-refractivity contribution in [3.05, 3.63) is 65.7 Å². The van der Waals surface area contributed by atoms with Gasteiger partial charge in [-0.15, -0.1) is 0 Å². The molecule has 7 nitrogen and oxygen atoms in total. The van der Waals surface area contributed by atoms with Gasteiger partial charge in [0.2, 0.25) is 0 Å². The van der Waals surface area contributed by atoms with Crippen LogP contribution in [-0.2, 0) is 16.1 Å². The van der Waals surface area contributed by atoms with Gasteiger partial charge < -0.3 is 24.3 Å². The van der Waals surface area contributed by atoms with Gasteiger partial charge in [0.25, 0.3) is 5.91 Å². The maximum atomic E-state index is 12.5. The Morgan fingerprint density at radius 1 is 0.875 bits per heavy atom. The van der Waals surface area contributed by atoms with Gasteiger partial charge in [-0.3, -0.25) is 4.79 Å². The average Bonchev–Trinajstić information content (AvgIpc) is 2.80. The van der Waals surface area contributed by atoms with E-state index in [0.29, 0.717) is 17.1 Å². The molecule has 0 aliphatic heterocycles. The third-order valence-corrected chi connectivity index (χ3v) is 4.69. The molecule has 0 bridgehead atoms. The molecule has 3 aromatic rings. The molecule has 0 saturated carbocycles. The first-order valence-corrected chi connectivity index (χ1v) is 10.2. The van der Waals surface area contributed by atoms with Crippen molar-refractivity contribution in [3.63, 3.8) is 0 Å². The van der Waals surface area contributed by atoms with Crippen LogP contribution in [0.15, 0.2) is 54.6 Å². The molecule has 1 N–H and O–H groups in total. The minimum atomic E-state index is -0.484. The highest BCUT2D eigenvalue weighted by molar-refractivity contribution is 5.90. The monoisotopic (exact) mass is 437 g/mol. The van der Waals surface area contributed by atoms with E-state index in [-0.39, 0.29) is 25.2 Å². The van der Waals surface area contributed by atoms with Crippen LogP contribution >= 0.6 is 0 Å². The van der Waals surface area contributed by atoms with Crippen molar-refractivity contribution in [1.29, 1.82) is 0 Å². The largest absolute Gasteiger partial charge is 0.497 e. The van der Waals surface area contributed by atoms with E-state index in [1.807, 2.05) is 50.2 Å². The summed E-state index contributed by atoms with van der Waals surface area (Å²) in [7, 11) is 3.10. The van der Waals surface area contributed by atoms with Crippen LogP contribution < -0.4 is 19.5 Å². The minimum Gasteiger partial charge on any atom is -0.497 e. The maximum Gasteiger partial charge on any atom is 0.338 e. The Balaban J connectivity index is 1.63. The predicted molar refractivity (Wildman–Crippen MR) is 121 cm³/mol. The highest BCUT2D eigenvalue weighted by Crippen LogP contribution is 2.28. The first-order chi connectivity index (χ1) is 15.4. The third-order valence-electron chi connectivity index (χ3n) is 4.69. The molecule has 0 aliphatic rings. The second kappa shape index (κ2) is 10.5. The Hall–Kier alpha value is -3.74. The molecule has 0 atom stereocenters. The first-order valence-electron chi connectivity index (χ1n) is 10.2. The van der Waals surface area contributed by atoms with Crippen LogP contribution in [0.3, 0.4) is 0 Å². The Labute approximate surface area is 187 Å². The van der Waals surface area contributed by atoms with E-state index in [9.17, 15) is 9.59 Å². The second-order valence-electron chi connectivity index (χ2n) is 7.50. The van der Waals surface area contributed by atoms with E-state index >= 15 is 0 Å². The number of carbonyl (C=O) groups excluding carboxylic acids is 2. The predicted octanol–water partition coefficient (Wildman–Crippen LogP) is 4.12. The summed E-state index contributed by atoms with van der Waals surface area (Å²) < 4.78 is 21.5. The molecule has 3 rings (SSSR count). The summed E-state index contributed by atoms with van der Waals surface area (Å²) in [5, 5.41) is 4.82. The highest BCUT2D eigenvalue weighted by Gasteiger charge is 2.14. The van der Waals surface area contributed by atoms with Gasteiger partial charge in [-0.05, 0) is 66.6 Å². The summed E-state index contributed by atoms with van der Waals surface area (Å²) in [5.74, 6) is 0.782. The SMILES string of the molecule is COc1ccc2cc(COC(=O)c3ccc(OCC(=O)NC(C)C)c(OC)c3)ccc2c1. The third kappa shape index (κ3) is 5.91. The molecule has 0 aliphatic carbocycles. The lowest BCUT2D eigenvalue weighted by atomic mass is 10.1. The van der Waals surface area contributed by atoms with Crippen LogP contribution in [0.5, 0.6) is 17.2 Å². The normalized spacial score (nSPS) is 10.7. The standard InChI is InChI=1S/C25H27NO6/c1-16(2)26-24(27)15-31-22-10-8-20(13-23(22)30-4)25(28)32-14-17-5-6-19-12-21(29-3)9-7-18(19)11-17/h5-13,16H,14-15H2,1-4H3,(H,26,27). The average molecular weight is 437 g/mol. The molecule has 3 aromatic carbocycles. The van der Waals surface area contributed by atoms with Gasteiger partial charge in [0.15, 0.2) is 18.1 Å². The van der Waals surface area contributed by atoms with E-state index in [2.05, 4.69) is 5.32 Å². The van der Waals surface area contributed by atoms with Gasteiger partial charge in [0, 0.05) is 6.04 Å². The van der Waals surface area contributed by atoms with Crippen molar-refractivity contribution in [2.24, 2.45) is 0 Å². The van der Waals surface area contributed by atoms with Crippen LogP contribution in [0, 0.1) is 0 Å². The number of benzene rings is 3. The van der Waals surface area contributed by atoms with Crippen molar-refractivity contribution in [2.45, 2.75) is 26.5 Å². The zero-order valence-corrected chi connectivity index (χ0v) is 18.6. The number of nitrogens with one attached hydrogen (secondary N) is 1. The van der Waals surface area contributed by atoms with E-state index in [1.54, 1.807) is 19.2 Å². The van der Waals surface area contributed by atoms with Crippen molar-refractivity contribution >= 4 is 22.6 Å². The summed E-state index contributed by atoms with van der Waals surface area (Å²) in [4.78, 5) is 24.3. The van der Waals surface area contributed by atoms with Crippen molar-refractivity contribution < 1.29 is 28.5 Å². The Morgan fingerprint density at radius 2 is 1.62 bits per heavy atom. The van der Waals surface area contributed by atoms with Gasteiger partial charge in [0.1, 0.15) is 12.4 Å². The summed E-state index contributed by atoms with van der Waals surface area (Å²) in [5.41, 5.74) is 1.20. The summed E-state index contributed by atoms with van der Waals surface area (Å²) in [6.45, 7) is 3.73. The van der Waals surface area contributed by atoms with Gasteiger partial charge in [-0.2, -0.15) is 0 Å². The van der Waals surface area contributed by atoms with E-state index in [4.69, 9.17) is 18.9 Å². The number of hydrogen-bond donors (Lipinski definition) is 1. The number of fused-ring (bicyclic) bond motifs is 1. The summed E-state index contributed by atoms with van der Waals surface area (Å²) in [6.07, 6.45) is 0. The summed E-state index contributed by atoms with van der Waals surface area (Å²) in [6, 6.07) is 16.4. The fourth-order valence-electron chi connectivity index (χ4n) is 3.14. The zero-order valence-electron chi connectivity index (χ0n) is 18.6. The highest BCUT2D eigenvalue weighted by atomic mass is 16.5. The molecule has 0 aromatic heterocycles. The van der Waals surface area contributed by atoms with Crippen molar-refractivity contribution in [2.75, 3.05) is 20.8 Å². The molecule has 32 heavy (non-hydrogen) atoms. The lowest BCUT2D eigenvalue weighted by molar-refractivity contribution is -0.123. The molecule has 0 saturated heterocycles. The number of rotatable bonds is 9. The van der Waals surface area contributed by atoms with Crippen LogP contribution in [-0.4, -0.2) is 38.7 Å². The van der Waals surface area contributed by atoms with Crippen molar-refractivity contribution in [3.8, 4) is 17.2 Å². The first kappa shape index (κ1) is 22.9. The Bertz CT molecular complexity index is 1110. The molecule has 7 heteroatoms. The molecular formula is C25H27NO6. The zero-order chi connectivity index (χ0) is 23.1. The van der Waals surface area contributed by atoms with E-state index in [0.717, 1.165) is 22.1 Å². The number of carbonyl (C=O) groups is 2. The number of amides is 1. The van der Waals surface area contributed by atoms with Gasteiger partial charge >= 0.3 is 5.97 Å². The van der Waals surface area contributed by atoms with E-state index < -0.39 is 5.97 Å². The lowest BCUT2D eigenvalue weighted by Crippen LogP contribution is -2.34. The number of methoxy groups -OCH3 is 2. The second-order valence-corrected chi connectivity index (χ2v) is 7.50. The fraction of sp³-hybridized carbons (Fsp3) is 0.280. The fourth-order valence-corrected chi connectivity index (χ4v) is 3.14.